The molecule has 0 bridgehead atoms. The van der Waals surface area contributed by atoms with Gasteiger partial charge in [0.1, 0.15) is 6.07 Å². The molecule has 25 heavy (non-hydrogen) atoms. The van der Waals surface area contributed by atoms with Gasteiger partial charge in [0.25, 0.3) is 0 Å². The number of hydrogen-bond acceptors (Lipinski definition) is 6. The third-order valence-corrected chi connectivity index (χ3v) is 6.39. The van der Waals surface area contributed by atoms with Crippen molar-refractivity contribution >= 4 is 31.8 Å². The van der Waals surface area contributed by atoms with Crippen LogP contribution >= 0.6 is 15.9 Å². The highest BCUT2D eigenvalue weighted by Crippen LogP contribution is 2.24. The topological polar surface area (TPSA) is 99.0 Å². The van der Waals surface area contributed by atoms with Gasteiger partial charge in [-0.1, -0.05) is 15.9 Å². The minimum Gasteiger partial charge on any atom is -0.364 e. The molecule has 1 aromatic heterocycles. The van der Waals surface area contributed by atoms with Crippen molar-refractivity contribution in [3.63, 3.8) is 0 Å². The van der Waals surface area contributed by atoms with E-state index in [0.717, 1.165) is 17.3 Å². The van der Waals surface area contributed by atoms with Crippen LogP contribution in [0.25, 0.3) is 0 Å². The Labute approximate surface area is 154 Å². The van der Waals surface area contributed by atoms with Crippen molar-refractivity contribution < 1.29 is 8.42 Å². The summed E-state index contributed by atoms with van der Waals surface area (Å²) < 4.78 is 27.9. The first-order valence-electron chi connectivity index (χ1n) is 7.74. The molecule has 0 spiro atoms. The molecule has 1 fully saturated rings. The van der Waals surface area contributed by atoms with E-state index in [1.54, 1.807) is 24.3 Å². The Balaban J connectivity index is 1.77. The number of benzene rings is 1. The summed E-state index contributed by atoms with van der Waals surface area (Å²) in [5, 5.41) is 12.3. The number of nitriles is 1. The van der Waals surface area contributed by atoms with E-state index >= 15 is 0 Å². The molecule has 1 unspecified atom stereocenters. The Morgan fingerprint density at radius 3 is 2.68 bits per heavy atom. The predicted octanol–water partition coefficient (Wildman–Crippen LogP) is 2.38. The molecule has 1 saturated heterocycles. The summed E-state index contributed by atoms with van der Waals surface area (Å²) in [5.41, 5.74) is 0.204. The Kier molecular flexibility index (Phi) is 5.32. The molecular formula is C16H16BrN5O2S. The van der Waals surface area contributed by atoms with Gasteiger partial charge in [0, 0.05) is 36.0 Å². The normalized spacial score (nSPS) is 18.5. The highest BCUT2D eigenvalue weighted by atomic mass is 79.9. The summed E-state index contributed by atoms with van der Waals surface area (Å²) in [6.07, 6.45) is 4.49. The fraction of sp³-hybridized carbons (Fsp3) is 0.312. The summed E-state index contributed by atoms with van der Waals surface area (Å²) >= 11 is 3.31. The van der Waals surface area contributed by atoms with E-state index in [2.05, 4.69) is 31.2 Å². The second-order valence-corrected chi connectivity index (χ2v) is 8.52. The second-order valence-electron chi connectivity index (χ2n) is 5.67. The molecule has 0 radical (unpaired) electrons. The maximum Gasteiger partial charge on any atom is 0.243 e. The molecule has 1 N–H and O–H groups in total. The van der Waals surface area contributed by atoms with Gasteiger partial charge in [-0.15, -0.1) is 0 Å². The quantitative estimate of drug-likeness (QED) is 0.813. The van der Waals surface area contributed by atoms with Crippen LogP contribution in [0.5, 0.6) is 0 Å². The van der Waals surface area contributed by atoms with Crippen LogP contribution in [0.4, 0.5) is 5.82 Å². The maximum atomic E-state index is 12.8. The van der Waals surface area contributed by atoms with Gasteiger partial charge < -0.3 is 5.32 Å². The van der Waals surface area contributed by atoms with Crippen LogP contribution in [0.3, 0.4) is 0 Å². The zero-order valence-corrected chi connectivity index (χ0v) is 15.7. The fourth-order valence-electron chi connectivity index (χ4n) is 2.75. The van der Waals surface area contributed by atoms with Crippen molar-refractivity contribution in [2.75, 3.05) is 18.4 Å². The molecule has 1 aromatic carbocycles. The van der Waals surface area contributed by atoms with E-state index in [1.807, 2.05) is 6.07 Å². The lowest BCUT2D eigenvalue weighted by Gasteiger charge is -2.32. The minimum absolute atomic E-state index is 0.122. The van der Waals surface area contributed by atoms with Crippen LogP contribution in [-0.4, -0.2) is 41.8 Å². The Hall–Kier alpha value is -2.02. The molecule has 130 valence electrons. The van der Waals surface area contributed by atoms with Crippen molar-refractivity contribution in [1.82, 2.24) is 14.3 Å². The maximum absolute atomic E-state index is 12.8. The van der Waals surface area contributed by atoms with Crippen molar-refractivity contribution in [3.05, 3.63) is 46.8 Å². The standard InChI is InChI=1S/C16H16BrN5O2S/c17-12-3-5-14(6-4-12)25(23,24)22-9-1-2-13(11-22)21-16-15(10-18)19-7-8-20-16/h3-8,13H,1-2,9,11H2,(H,20,21). The zero-order chi connectivity index (χ0) is 17.9. The van der Waals surface area contributed by atoms with Crippen LogP contribution in [0, 0.1) is 11.3 Å². The number of aromatic nitrogens is 2. The van der Waals surface area contributed by atoms with Crippen LogP contribution < -0.4 is 5.32 Å². The summed E-state index contributed by atoms with van der Waals surface area (Å²) in [4.78, 5) is 8.37. The van der Waals surface area contributed by atoms with Gasteiger partial charge in [0.05, 0.1) is 4.90 Å². The number of rotatable bonds is 4. The van der Waals surface area contributed by atoms with Crippen molar-refractivity contribution in [3.8, 4) is 6.07 Å². The van der Waals surface area contributed by atoms with Gasteiger partial charge in [-0.2, -0.15) is 9.57 Å². The number of nitrogens with zero attached hydrogens (tertiary/aromatic N) is 4. The molecule has 1 aliphatic rings. The fourth-order valence-corrected chi connectivity index (χ4v) is 4.54. The molecule has 0 saturated carbocycles. The lowest BCUT2D eigenvalue weighted by molar-refractivity contribution is 0.326. The summed E-state index contributed by atoms with van der Waals surface area (Å²) in [7, 11) is -3.55. The largest absolute Gasteiger partial charge is 0.364 e. The Morgan fingerprint density at radius 1 is 1.24 bits per heavy atom. The van der Waals surface area contributed by atoms with E-state index in [0.29, 0.717) is 18.9 Å². The van der Waals surface area contributed by atoms with E-state index < -0.39 is 10.0 Å². The third-order valence-electron chi connectivity index (χ3n) is 3.98. The lowest BCUT2D eigenvalue weighted by Crippen LogP contribution is -2.45. The summed E-state index contributed by atoms with van der Waals surface area (Å²) in [6.45, 7) is 0.794. The van der Waals surface area contributed by atoms with Gasteiger partial charge in [0.15, 0.2) is 11.5 Å². The summed E-state index contributed by atoms with van der Waals surface area (Å²) in [6, 6.07) is 8.47. The minimum atomic E-state index is -3.55. The van der Waals surface area contributed by atoms with Crippen LogP contribution in [0.2, 0.25) is 0 Å². The molecule has 1 atom stereocenters. The average Bonchev–Trinajstić information content (AvgIpc) is 2.63. The highest BCUT2D eigenvalue weighted by Gasteiger charge is 2.30. The SMILES string of the molecule is N#Cc1nccnc1NC1CCCN(S(=O)(=O)c2ccc(Br)cc2)C1. The van der Waals surface area contributed by atoms with E-state index in [4.69, 9.17) is 5.26 Å². The number of hydrogen-bond donors (Lipinski definition) is 1. The number of piperidine rings is 1. The average molecular weight is 422 g/mol. The van der Waals surface area contributed by atoms with Crippen LogP contribution in [0.15, 0.2) is 46.0 Å². The first kappa shape index (κ1) is 17.8. The molecule has 7 nitrogen and oxygen atoms in total. The van der Waals surface area contributed by atoms with Crippen LogP contribution in [-0.2, 0) is 10.0 Å². The molecular weight excluding hydrogens is 406 g/mol. The number of halogens is 1. The number of sulfonamides is 1. The number of nitrogens with one attached hydrogen (secondary N) is 1. The smallest absolute Gasteiger partial charge is 0.243 e. The zero-order valence-electron chi connectivity index (χ0n) is 13.3. The van der Waals surface area contributed by atoms with Crippen molar-refractivity contribution in [2.45, 2.75) is 23.8 Å². The predicted molar refractivity (Wildman–Crippen MR) is 96.3 cm³/mol. The first-order valence-corrected chi connectivity index (χ1v) is 9.97. The number of anilines is 1. The van der Waals surface area contributed by atoms with E-state index in [1.165, 1.54) is 16.7 Å². The van der Waals surface area contributed by atoms with Gasteiger partial charge in [0.2, 0.25) is 10.0 Å². The van der Waals surface area contributed by atoms with E-state index in [-0.39, 0.29) is 16.6 Å². The molecule has 2 heterocycles. The Bertz CT molecular complexity index is 895. The molecule has 3 rings (SSSR count). The van der Waals surface area contributed by atoms with Gasteiger partial charge >= 0.3 is 0 Å². The first-order chi connectivity index (χ1) is 12.0. The molecule has 0 amide bonds. The molecule has 9 heteroatoms. The monoisotopic (exact) mass is 421 g/mol. The lowest BCUT2D eigenvalue weighted by atomic mass is 10.1. The molecule has 0 aliphatic carbocycles. The van der Waals surface area contributed by atoms with Crippen molar-refractivity contribution in [2.24, 2.45) is 0 Å². The summed E-state index contributed by atoms with van der Waals surface area (Å²) in [5.74, 6) is 0.387. The van der Waals surface area contributed by atoms with Crippen LogP contribution in [0.1, 0.15) is 18.5 Å². The highest BCUT2D eigenvalue weighted by molar-refractivity contribution is 9.10. The Morgan fingerprint density at radius 2 is 1.96 bits per heavy atom. The van der Waals surface area contributed by atoms with Gasteiger partial charge in [-0.25, -0.2) is 18.4 Å². The van der Waals surface area contributed by atoms with Crippen molar-refractivity contribution in [1.29, 1.82) is 5.26 Å². The second kappa shape index (κ2) is 7.47. The van der Waals surface area contributed by atoms with E-state index in [9.17, 15) is 8.42 Å². The van der Waals surface area contributed by atoms with Gasteiger partial charge in [-0.3, -0.25) is 0 Å². The third kappa shape index (κ3) is 3.98. The van der Waals surface area contributed by atoms with Gasteiger partial charge in [-0.05, 0) is 37.1 Å². The molecule has 2 aromatic rings. The molecule has 1 aliphatic heterocycles.